The number of halogens is 3. The first-order valence-corrected chi connectivity index (χ1v) is 16.8. The Morgan fingerprint density at radius 2 is 1.04 bits per heavy atom. The Morgan fingerprint density at radius 1 is 0.615 bits per heavy atom. The zero-order valence-corrected chi connectivity index (χ0v) is 20.4. The van der Waals surface area contributed by atoms with E-state index in [-0.39, 0.29) is 0 Å². The molecule has 1 heterocycles. The van der Waals surface area contributed by atoms with Gasteiger partial charge in [-0.1, -0.05) is 96.0 Å². The van der Waals surface area contributed by atoms with E-state index in [9.17, 15) is 0 Å². The van der Waals surface area contributed by atoms with Crippen LogP contribution in [0.3, 0.4) is 0 Å². The van der Waals surface area contributed by atoms with Gasteiger partial charge in [0.05, 0.1) is 0 Å². The van der Waals surface area contributed by atoms with Gasteiger partial charge in [0.25, 0.3) is 0 Å². The lowest BCUT2D eigenvalue weighted by Crippen LogP contribution is -2.07. The Balaban J connectivity index is 1.68. The van der Waals surface area contributed by atoms with Crippen LogP contribution in [0.2, 0.25) is 6.04 Å². The fraction of sp³-hybridized carbons (Fsp3) is 0.810. The molecule has 0 nitrogen and oxygen atoms in total. The van der Waals surface area contributed by atoms with Gasteiger partial charge in [-0.2, -0.15) is 0 Å². The minimum absolute atomic E-state index is 0.826. The Morgan fingerprint density at radius 3 is 1.42 bits per heavy atom. The van der Waals surface area contributed by atoms with E-state index in [1.165, 1.54) is 96.3 Å². The first-order chi connectivity index (χ1) is 12.6. The largest absolute Gasteiger partial charge is 0.341 e. The molecule has 0 saturated carbocycles. The molecule has 0 unspecified atom stereocenters. The van der Waals surface area contributed by atoms with Crippen molar-refractivity contribution in [1.29, 1.82) is 0 Å². The summed E-state index contributed by atoms with van der Waals surface area (Å²) < 4.78 is 0. The summed E-state index contributed by atoms with van der Waals surface area (Å²) in [6, 6.07) is 2.89. The van der Waals surface area contributed by atoms with Crippen LogP contribution in [-0.2, 0) is 6.42 Å². The molecule has 0 aliphatic carbocycles. The maximum atomic E-state index is 5.89. The van der Waals surface area contributed by atoms with Gasteiger partial charge >= 0.3 is 6.00 Å². The Labute approximate surface area is 181 Å². The molecule has 26 heavy (non-hydrogen) atoms. The van der Waals surface area contributed by atoms with E-state index < -0.39 is 6.00 Å². The molecule has 0 radical (unpaired) electrons. The van der Waals surface area contributed by atoms with Crippen LogP contribution in [0.25, 0.3) is 0 Å². The summed E-state index contributed by atoms with van der Waals surface area (Å²) in [6.07, 6.45) is 21.8. The fourth-order valence-electron chi connectivity index (χ4n) is 3.38. The van der Waals surface area contributed by atoms with Gasteiger partial charge in [0, 0.05) is 4.88 Å². The number of aryl methyl sites for hydroxylation is 1. The fourth-order valence-corrected chi connectivity index (χ4v) is 5.98. The lowest BCUT2D eigenvalue weighted by molar-refractivity contribution is 0.532. The minimum atomic E-state index is -2.36. The smallest absolute Gasteiger partial charge is 0.149 e. The first-order valence-electron chi connectivity index (χ1n) is 10.7. The van der Waals surface area contributed by atoms with Crippen molar-refractivity contribution >= 4 is 50.6 Å². The van der Waals surface area contributed by atoms with Crippen LogP contribution >= 0.6 is 44.6 Å². The van der Waals surface area contributed by atoms with Crippen molar-refractivity contribution in [2.75, 3.05) is 0 Å². The first kappa shape index (κ1) is 24.8. The lowest BCUT2D eigenvalue weighted by atomic mass is 10.0. The highest BCUT2D eigenvalue weighted by molar-refractivity contribution is 7.64. The maximum absolute atomic E-state index is 5.89. The molecule has 0 N–H and O–H groups in total. The van der Waals surface area contributed by atoms with E-state index >= 15 is 0 Å². The van der Waals surface area contributed by atoms with Crippen LogP contribution in [0.1, 0.15) is 101 Å². The normalized spacial score (nSPS) is 12.0. The zero-order valence-electron chi connectivity index (χ0n) is 16.3. The van der Waals surface area contributed by atoms with Gasteiger partial charge in [-0.25, -0.2) is 0 Å². The van der Waals surface area contributed by atoms with E-state index in [1.807, 2.05) is 11.3 Å². The highest BCUT2D eigenvalue weighted by atomic mass is 35.8. The average molecular weight is 456 g/mol. The van der Waals surface area contributed by atoms with Gasteiger partial charge in [0.2, 0.25) is 0 Å². The summed E-state index contributed by atoms with van der Waals surface area (Å²) in [5, 5.41) is 2.19. The third kappa shape index (κ3) is 16.9. The van der Waals surface area contributed by atoms with Crippen molar-refractivity contribution in [1.82, 2.24) is 0 Å². The Hall–Kier alpha value is 0.787. The molecule has 0 fully saturated rings. The monoisotopic (exact) mass is 454 g/mol. The minimum Gasteiger partial charge on any atom is -0.149 e. The summed E-state index contributed by atoms with van der Waals surface area (Å²) in [5.41, 5.74) is 0. The molecule has 0 saturated heterocycles. The summed E-state index contributed by atoms with van der Waals surface area (Å²) in [5.74, 6) is 0. The van der Waals surface area contributed by atoms with E-state index in [4.69, 9.17) is 33.2 Å². The van der Waals surface area contributed by atoms with Crippen molar-refractivity contribution in [3.63, 3.8) is 0 Å². The SMILES string of the molecule is Cl[Si](Cl)(Cl)CCCCCCCCCCCCCCCCCc1cccs1. The number of hydrogen-bond donors (Lipinski definition) is 0. The summed E-state index contributed by atoms with van der Waals surface area (Å²) in [6.45, 7) is 0. The van der Waals surface area contributed by atoms with Crippen molar-refractivity contribution in [3.8, 4) is 0 Å². The molecule has 0 spiro atoms. The third-order valence-corrected chi connectivity index (χ3v) is 8.52. The molecular formula is C21H37Cl3SSi. The van der Waals surface area contributed by atoms with E-state index in [2.05, 4.69) is 17.5 Å². The Kier molecular flexibility index (Phi) is 16.0. The number of rotatable bonds is 18. The van der Waals surface area contributed by atoms with Gasteiger partial charge in [0.15, 0.2) is 0 Å². The van der Waals surface area contributed by atoms with Gasteiger partial charge in [-0.15, -0.1) is 44.6 Å². The van der Waals surface area contributed by atoms with Crippen LogP contribution in [0.15, 0.2) is 17.5 Å². The second-order valence-electron chi connectivity index (χ2n) is 7.50. The molecule has 0 amide bonds. The molecule has 0 aliphatic heterocycles. The van der Waals surface area contributed by atoms with E-state index in [0.29, 0.717) is 0 Å². The predicted molar refractivity (Wildman–Crippen MR) is 125 cm³/mol. The van der Waals surface area contributed by atoms with E-state index in [1.54, 1.807) is 4.88 Å². The predicted octanol–water partition coefficient (Wildman–Crippen LogP) is 9.80. The van der Waals surface area contributed by atoms with Crippen molar-refractivity contribution in [2.45, 2.75) is 109 Å². The molecule has 152 valence electrons. The number of unbranched alkanes of at least 4 members (excludes halogenated alkanes) is 14. The lowest BCUT2D eigenvalue weighted by Gasteiger charge is -2.07. The van der Waals surface area contributed by atoms with Gasteiger partial charge < -0.3 is 0 Å². The molecule has 0 aromatic carbocycles. The molecule has 0 aliphatic rings. The molecule has 1 aromatic rings. The summed E-state index contributed by atoms with van der Waals surface area (Å²) in [4.78, 5) is 1.55. The summed E-state index contributed by atoms with van der Waals surface area (Å²) >= 11 is 19.6. The average Bonchev–Trinajstić information content (AvgIpc) is 3.10. The second kappa shape index (κ2) is 16.7. The standard InChI is InChI=1S/C21H37Cl3SSi/c22-26(23,24)20-15-13-11-9-7-5-3-1-2-4-6-8-10-12-14-17-21-18-16-19-25-21/h16,18-19H,1-15,17,20H2. The molecule has 0 atom stereocenters. The highest BCUT2D eigenvalue weighted by Gasteiger charge is 2.23. The van der Waals surface area contributed by atoms with Crippen LogP contribution in [-0.4, -0.2) is 6.00 Å². The topological polar surface area (TPSA) is 0 Å². The molecule has 5 heteroatoms. The summed E-state index contributed by atoms with van der Waals surface area (Å²) in [7, 11) is 0. The van der Waals surface area contributed by atoms with Crippen LogP contribution < -0.4 is 0 Å². The number of hydrogen-bond acceptors (Lipinski definition) is 1. The van der Waals surface area contributed by atoms with Crippen molar-refractivity contribution in [3.05, 3.63) is 22.4 Å². The number of thiophene rings is 1. The highest BCUT2D eigenvalue weighted by Crippen LogP contribution is 2.27. The van der Waals surface area contributed by atoms with Crippen molar-refractivity contribution < 1.29 is 0 Å². The molecule has 1 aromatic heterocycles. The van der Waals surface area contributed by atoms with Crippen LogP contribution in [0, 0.1) is 0 Å². The molecular weight excluding hydrogens is 419 g/mol. The van der Waals surface area contributed by atoms with Crippen LogP contribution in [0.5, 0.6) is 0 Å². The van der Waals surface area contributed by atoms with Crippen molar-refractivity contribution in [2.24, 2.45) is 0 Å². The van der Waals surface area contributed by atoms with Gasteiger partial charge in [-0.05, 0) is 30.3 Å². The molecule has 0 bridgehead atoms. The third-order valence-electron chi connectivity index (χ3n) is 4.96. The maximum Gasteiger partial charge on any atom is 0.341 e. The quantitative estimate of drug-likeness (QED) is 0.117. The van der Waals surface area contributed by atoms with Crippen LogP contribution in [0.4, 0.5) is 0 Å². The van der Waals surface area contributed by atoms with E-state index in [0.717, 1.165) is 12.5 Å². The Bertz CT molecular complexity index is 404. The van der Waals surface area contributed by atoms with Gasteiger partial charge in [0.1, 0.15) is 0 Å². The zero-order chi connectivity index (χ0) is 18.9. The second-order valence-corrected chi connectivity index (χ2v) is 17.8. The molecule has 1 rings (SSSR count). The van der Waals surface area contributed by atoms with Gasteiger partial charge in [-0.3, -0.25) is 0 Å².